The van der Waals surface area contributed by atoms with E-state index in [2.05, 4.69) is 16.0 Å². The standard InChI is InChI=1S/C21H16Cl3F2N3O4/c22-12-2-1-9(27-19(31)11-8-21(11,23)24)7-10(12)18(30)28-14-4-3-13(25)17(16(14)26)29-20(32)15-5-6-33-15/h1-4,7,11,15H,5-6,8H2,(H,27,31)(H,28,30)(H,29,32). The van der Waals surface area contributed by atoms with Gasteiger partial charge in [-0.25, -0.2) is 8.78 Å². The van der Waals surface area contributed by atoms with Crippen molar-refractivity contribution in [1.82, 2.24) is 0 Å². The molecule has 12 heteroatoms. The van der Waals surface area contributed by atoms with Crippen LogP contribution in [-0.4, -0.2) is 34.8 Å². The van der Waals surface area contributed by atoms with Gasteiger partial charge in [-0.2, -0.15) is 0 Å². The summed E-state index contributed by atoms with van der Waals surface area (Å²) < 4.78 is 32.8. The molecule has 2 fully saturated rings. The fraction of sp³-hybridized carbons (Fsp3) is 0.286. The molecule has 3 amide bonds. The summed E-state index contributed by atoms with van der Waals surface area (Å²) in [7, 11) is 0. The van der Waals surface area contributed by atoms with Crippen molar-refractivity contribution in [3.05, 3.63) is 52.6 Å². The molecule has 4 rings (SSSR count). The van der Waals surface area contributed by atoms with Crippen molar-refractivity contribution in [2.75, 3.05) is 22.6 Å². The number of carbonyl (C=O) groups is 3. The molecule has 1 aliphatic carbocycles. The summed E-state index contributed by atoms with van der Waals surface area (Å²) in [6.07, 6.45) is -0.0375. The number of amides is 3. The third kappa shape index (κ3) is 5.06. The Labute approximate surface area is 201 Å². The van der Waals surface area contributed by atoms with Gasteiger partial charge in [0, 0.05) is 12.1 Å². The van der Waals surface area contributed by atoms with Crippen LogP contribution in [0.4, 0.5) is 25.8 Å². The second-order valence-electron chi connectivity index (χ2n) is 7.58. The minimum atomic E-state index is -1.18. The predicted octanol–water partition coefficient (Wildman–Crippen LogP) is 4.73. The molecule has 1 aliphatic heterocycles. The maximum absolute atomic E-state index is 14.9. The van der Waals surface area contributed by atoms with Gasteiger partial charge < -0.3 is 20.7 Å². The van der Waals surface area contributed by atoms with Crippen LogP contribution in [0, 0.1) is 17.6 Å². The van der Waals surface area contributed by atoms with E-state index in [0.29, 0.717) is 19.4 Å². The van der Waals surface area contributed by atoms with Crippen LogP contribution in [0.1, 0.15) is 23.2 Å². The number of halogens is 5. The first-order valence-corrected chi connectivity index (χ1v) is 10.9. The van der Waals surface area contributed by atoms with E-state index in [1.165, 1.54) is 18.2 Å². The fourth-order valence-corrected chi connectivity index (χ4v) is 3.81. The molecule has 2 aliphatic rings. The van der Waals surface area contributed by atoms with Crippen molar-refractivity contribution >= 4 is 69.6 Å². The smallest absolute Gasteiger partial charge is 0.257 e. The van der Waals surface area contributed by atoms with Crippen LogP contribution in [-0.2, 0) is 14.3 Å². The van der Waals surface area contributed by atoms with Crippen LogP contribution in [0.5, 0.6) is 0 Å². The van der Waals surface area contributed by atoms with Crippen molar-refractivity contribution in [3.8, 4) is 0 Å². The maximum atomic E-state index is 14.9. The minimum absolute atomic E-state index is 0.0270. The molecule has 2 atom stereocenters. The Balaban J connectivity index is 1.50. The van der Waals surface area contributed by atoms with Crippen LogP contribution in [0.15, 0.2) is 30.3 Å². The summed E-state index contributed by atoms with van der Waals surface area (Å²) in [5, 5.41) is 7.04. The molecule has 3 N–H and O–H groups in total. The quantitative estimate of drug-likeness (QED) is 0.482. The topological polar surface area (TPSA) is 96.5 Å². The number of anilines is 3. The molecule has 0 bridgehead atoms. The van der Waals surface area contributed by atoms with Gasteiger partial charge >= 0.3 is 0 Å². The zero-order chi connectivity index (χ0) is 23.9. The number of alkyl halides is 2. The van der Waals surface area contributed by atoms with Crippen molar-refractivity contribution < 1.29 is 27.9 Å². The Hall–Kier alpha value is -2.46. The lowest BCUT2D eigenvalue weighted by Crippen LogP contribution is -2.39. The van der Waals surface area contributed by atoms with E-state index in [4.69, 9.17) is 39.5 Å². The third-order valence-corrected chi connectivity index (χ3v) is 6.37. The molecule has 0 radical (unpaired) electrons. The second-order valence-corrected chi connectivity index (χ2v) is 9.53. The lowest BCUT2D eigenvalue weighted by molar-refractivity contribution is -0.139. The van der Waals surface area contributed by atoms with E-state index in [0.717, 1.165) is 12.1 Å². The predicted molar refractivity (Wildman–Crippen MR) is 120 cm³/mol. The van der Waals surface area contributed by atoms with Gasteiger partial charge in [0.25, 0.3) is 11.8 Å². The summed E-state index contributed by atoms with van der Waals surface area (Å²) in [5.41, 5.74) is -0.927. The molecular formula is C21H16Cl3F2N3O4. The van der Waals surface area contributed by atoms with Gasteiger partial charge in [-0.05, 0) is 36.8 Å². The summed E-state index contributed by atoms with van der Waals surface area (Å²) >= 11 is 17.9. The number of hydrogen-bond donors (Lipinski definition) is 3. The minimum Gasteiger partial charge on any atom is -0.368 e. The average Bonchev–Trinajstić information content (AvgIpc) is 3.36. The van der Waals surface area contributed by atoms with Crippen molar-refractivity contribution in [2.45, 2.75) is 23.3 Å². The SMILES string of the molecule is O=C(Nc1ccc(F)c(NC(=O)C2CCO2)c1F)c1cc(NC(=O)C2CC2(Cl)Cl)ccc1Cl. The highest BCUT2D eigenvalue weighted by Crippen LogP contribution is 2.53. The number of benzene rings is 2. The van der Waals surface area contributed by atoms with E-state index in [-0.39, 0.29) is 22.0 Å². The van der Waals surface area contributed by atoms with E-state index in [1.54, 1.807) is 0 Å². The summed E-state index contributed by atoms with van der Waals surface area (Å²) in [6, 6.07) is 6.04. The average molecular weight is 519 g/mol. The highest BCUT2D eigenvalue weighted by Gasteiger charge is 2.56. The van der Waals surface area contributed by atoms with Crippen LogP contribution in [0.25, 0.3) is 0 Å². The van der Waals surface area contributed by atoms with Crippen LogP contribution >= 0.6 is 34.8 Å². The van der Waals surface area contributed by atoms with Gasteiger partial charge in [0.05, 0.1) is 28.8 Å². The van der Waals surface area contributed by atoms with E-state index >= 15 is 0 Å². The molecule has 0 aromatic heterocycles. The third-order valence-electron chi connectivity index (χ3n) is 5.20. The Bertz CT molecular complexity index is 1160. The lowest BCUT2D eigenvalue weighted by Gasteiger charge is -2.25. The molecule has 1 saturated heterocycles. The molecule has 2 aromatic carbocycles. The Morgan fingerprint density at radius 2 is 1.73 bits per heavy atom. The first-order valence-electron chi connectivity index (χ1n) is 9.77. The van der Waals surface area contributed by atoms with E-state index in [1.807, 2.05) is 0 Å². The largest absolute Gasteiger partial charge is 0.368 e. The zero-order valence-corrected chi connectivity index (χ0v) is 19.0. The van der Waals surface area contributed by atoms with Crippen LogP contribution in [0.2, 0.25) is 5.02 Å². The van der Waals surface area contributed by atoms with Crippen molar-refractivity contribution in [2.24, 2.45) is 5.92 Å². The zero-order valence-electron chi connectivity index (χ0n) is 16.7. The molecular weight excluding hydrogens is 503 g/mol. The van der Waals surface area contributed by atoms with Gasteiger partial charge in [0.1, 0.15) is 21.9 Å². The van der Waals surface area contributed by atoms with Crippen molar-refractivity contribution in [3.63, 3.8) is 0 Å². The number of carbonyl (C=O) groups excluding carboxylic acids is 3. The summed E-state index contributed by atoms with van der Waals surface area (Å²) in [5.74, 6) is -4.71. The lowest BCUT2D eigenvalue weighted by atomic mass is 10.1. The molecule has 2 unspecified atom stereocenters. The number of nitrogens with one attached hydrogen (secondary N) is 3. The Kier molecular flexibility index (Phi) is 6.50. The molecule has 33 heavy (non-hydrogen) atoms. The molecule has 7 nitrogen and oxygen atoms in total. The van der Waals surface area contributed by atoms with Crippen LogP contribution in [0.3, 0.4) is 0 Å². The second kappa shape index (κ2) is 9.06. The van der Waals surface area contributed by atoms with Crippen LogP contribution < -0.4 is 16.0 Å². The number of ether oxygens (including phenoxy) is 1. The summed E-state index contributed by atoms with van der Waals surface area (Å²) in [6.45, 7) is 0.388. The van der Waals surface area contributed by atoms with Gasteiger partial charge in [-0.3, -0.25) is 14.4 Å². The van der Waals surface area contributed by atoms with Gasteiger partial charge in [-0.1, -0.05) is 11.6 Å². The number of hydrogen-bond acceptors (Lipinski definition) is 4. The number of rotatable bonds is 6. The van der Waals surface area contributed by atoms with Gasteiger partial charge in [-0.15, -0.1) is 23.2 Å². The van der Waals surface area contributed by atoms with Gasteiger partial charge in [0.15, 0.2) is 5.82 Å². The first kappa shape index (κ1) is 23.7. The Morgan fingerprint density at radius 1 is 1.03 bits per heavy atom. The normalized spacial score (nSPS) is 20.4. The molecule has 0 spiro atoms. The highest BCUT2D eigenvalue weighted by atomic mass is 35.5. The Morgan fingerprint density at radius 3 is 2.33 bits per heavy atom. The molecule has 1 heterocycles. The first-order chi connectivity index (χ1) is 15.6. The molecule has 174 valence electrons. The van der Waals surface area contributed by atoms with Gasteiger partial charge in [0.2, 0.25) is 5.91 Å². The molecule has 2 aromatic rings. The monoisotopic (exact) mass is 517 g/mol. The summed E-state index contributed by atoms with van der Waals surface area (Å²) in [4.78, 5) is 36.9. The van der Waals surface area contributed by atoms with E-state index in [9.17, 15) is 23.2 Å². The van der Waals surface area contributed by atoms with Crippen molar-refractivity contribution in [1.29, 1.82) is 0 Å². The highest BCUT2D eigenvalue weighted by molar-refractivity contribution is 6.52. The van der Waals surface area contributed by atoms with E-state index < -0.39 is 51.4 Å². The fourth-order valence-electron chi connectivity index (χ4n) is 3.10. The maximum Gasteiger partial charge on any atom is 0.257 e. The molecule has 1 saturated carbocycles.